The van der Waals surface area contributed by atoms with Gasteiger partial charge in [0.25, 0.3) is 0 Å². The molecule has 2 aromatic rings. The zero-order valence-corrected chi connectivity index (χ0v) is 12.1. The molecule has 2 rings (SSSR count). The zero-order valence-electron chi connectivity index (χ0n) is 11.3. The van der Waals surface area contributed by atoms with Crippen molar-refractivity contribution in [3.05, 3.63) is 64.9 Å². The van der Waals surface area contributed by atoms with E-state index < -0.39 is 5.97 Å². The Morgan fingerprint density at radius 3 is 2.52 bits per heavy atom. The first-order chi connectivity index (χ1) is 10.0. The molecule has 0 heterocycles. The monoisotopic (exact) mass is 307 g/mol. The van der Waals surface area contributed by atoms with Gasteiger partial charge in [0.15, 0.2) is 0 Å². The third-order valence-electron chi connectivity index (χ3n) is 3.05. The summed E-state index contributed by atoms with van der Waals surface area (Å²) in [7, 11) is 0. The number of benzene rings is 2. The van der Waals surface area contributed by atoms with Crippen molar-refractivity contribution in [3.63, 3.8) is 0 Å². The third-order valence-corrected chi connectivity index (χ3v) is 3.28. The fraction of sp³-hybridized carbons (Fsp3) is 0.188. The highest BCUT2D eigenvalue weighted by atomic mass is 35.5. The van der Waals surface area contributed by atoms with E-state index in [1.54, 1.807) is 18.2 Å². The van der Waals surface area contributed by atoms with Crippen molar-refractivity contribution in [2.75, 3.05) is 11.4 Å². The first kappa shape index (κ1) is 15.3. The van der Waals surface area contributed by atoms with E-state index in [1.165, 1.54) is 12.1 Å². The van der Waals surface area contributed by atoms with E-state index >= 15 is 0 Å². The molecule has 21 heavy (non-hydrogen) atoms. The molecule has 0 bridgehead atoms. The highest BCUT2D eigenvalue weighted by Crippen LogP contribution is 2.20. The summed E-state index contributed by atoms with van der Waals surface area (Å²) in [5.74, 6) is -1.19. The highest BCUT2D eigenvalue weighted by Gasteiger charge is 2.10. The molecule has 0 aromatic heterocycles. The highest BCUT2D eigenvalue weighted by molar-refractivity contribution is 6.30. The van der Waals surface area contributed by atoms with E-state index in [9.17, 15) is 9.18 Å². The van der Waals surface area contributed by atoms with E-state index in [4.69, 9.17) is 16.7 Å². The smallest absolute Gasteiger partial charge is 0.305 e. The largest absolute Gasteiger partial charge is 0.481 e. The normalized spacial score (nSPS) is 10.4. The van der Waals surface area contributed by atoms with Crippen LogP contribution in [-0.2, 0) is 11.3 Å². The Balaban J connectivity index is 2.19. The number of nitrogens with zero attached hydrogens (tertiary/aromatic N) is 1. The van der Waals surface area contributed by atoms with Gasteiger partial charge in [-0.15, -0.1) is 0 Å². The quantitative estimate of drug-likeness (QED) is 0.878. The van der Waals surface area contributed by atoms with Gasteiger partial charge in [-0.25, -0.2) is 4.39 Å². The van der Waals surface area contributed by atoms with E-state index in [0.717, 1.165) is 11.3 Å². The Hall–Kier alpha value is -2.07. The van der Waals surface area contributed by atoms with Crippen LogP contribution in [0.3, 0.4) is 0 Å². The number of rotatable bonds is 6. The molecule has 0 aliphatic heterocycles. The van der Waals surface area contributed by atoms with Crippen LogP contribution in [0.25, 0.3) is 0 Å². The molecule has 5 heteroatoms. The minimum atomic E-state index is -0.867. The first-order valence-electron chi connectivity index (χ1n) is 6.51. The maximum absolute atomic E-state index is 13.0. The Bertz CT molecular complexity index is 616. The van der Waals surface area contributed by atoms with Gasteiger partial charge in [0.05, 0.1) is 6.42 Å². The molecule has 0 aliphatic rings. The molecule has 0 unspecified atom stereocenters. The summed E-state index contributed by atoms with van der Waals surface area (Å²) in [6.07, 6.45) is 0.0118. The van der Waals surface area contributed by atoms with Gasteiger partial charge in [0, 0.05) is 23.8 Å². The minimum absolute atomic E-state index is 0.0118. The minimum Gasteiger partial charge on any atom is -0.481 e. The molecule has 0 amide bonds. The Morgan fingerprint density at radius 1 is 1.19 bits per heavy atom. The van der Waals surface area contributed by atoms with Crippen LogP contribution in [0.5, 0.6) is 0 Å². The second-order valence-electron chi connectivity index (χ2n) is 4.67. The number of hydrogen-bond donors (Lipinski definition) is 1. The van der Waals surface area contributed by atoms with Crippen molar-refractivity contribution in [2.24, 2.45) is 0 Å². The van der Waals surface area contributed by atoms with Crippen molar-refractivity contribution in [1.29, 1.82) is 0 Å². The van der Waals surface area contributed by atoms with Crippen LogP contribution in [0.15, 0.2) is 48.5 Å². The molecule has 0 spiro atoms. The van der Waals surface area contributed by atoms with Gasteiger partial charge in [-0.1, -0.05) is 23.7 Å². The molecule has 1 N–H and O–H groups in total. The number of carbonyl (C=O) groups is 1. The van der Waals surface area contributed by atoms with E-state index in [0.29, 0.717) is 18.1 Å². The van der Waals surface area contributed by atoms with Crippen LogP contribution in [0.2, 0.25) is 5.02 Å². The van der Waals surface area contributed by atoms with Gasteiger partial charge in [-0.05, 0) is 42.0 Å². The van der Waals surface area contributed by atoms with Crippen LogP contribution < -0.4 is 4.90 Å². The van der Waals surface area contributed by atoms with Gasteiger partial charge in [0.1, 0.15) is 5.82 Å². The third kappa shape index (κ3) is 4.76. The zero-order chi connectivity index (χ0) is 15.2. The summed E-state index contributed by atoms with van der Waals surface area (Å²) in [5, 5.41) is 9.49. The molecule has 0 radical (unpaired) electrons. The second kappa shape index (κ2) is 7.09. The van der Waals surface area contributed by atoms with Gasteiger partial charge in [0.2, 0.25) is 0 Å². The van der Waals surface area contributed by atoms with Crippen molar-refractivity contribution in [3.8, 4) is 0 Å². The lowest BCUT2D eigenvalue weighted by molar-refractivity contribution is -0.136. The summed E-state index contributed by atoms with van der Waals surface area (Å²) in [6.45, 7) is 0.854. The molecule has 110 valence electrons. The molecule has 0 saturated carbocycles. The van der Waals surface area contributed by atoms with Crippen LogP contribution >= 0.6 is 11.6 Å². The Morgan fingerprint density at radius 2 is 1.90 bits per heavy atom. The molecular formula is C16H15ClFNO2. The lowest BCUT2D eigenvalue weighted by atomic mass is 10.2. The average Bonchev–Trinajstić information content (AvgIpc) is 2.44. The SMILES string of the molecule is O=C(O)CCN(Cc1cccc(Cl)c1)c1ccc(F)cc1. The number of carboxylic acid groups (broad SMARTS) is 1. The van der Waals surface area contributed by atoms with E-state index in [2.05, 4.69) is 0 Å². The van der Waals surface area contributed by atoms with E-state index in [-0.39, 0.29) is 12.2 Å². The van der Waals surface area contributed by atoms with Crippen LogP contribution in [0.1, 0.15) is 12.0 Å². The predicted molar refractivity (Wildman–Crippen MR) is 81.2 cm³/mol. The van der Waals surface area contributed by atoms with Crippen LogP contribution in [0.4, 0.5) is 10.1 Å². The van der Waals surface area contributed by atoms with E-state index in [1.807, 2.05) is 23.1 Å². The number of carboxylic acids is 1. The maximum Gasteiger partial charge on any atom is 0.305 e. The van der Waals surface area contributed by atoms with Gasteiger partial charge >= 0.3 is 5.97 Å². The molecule has 2 aromatic carbocycles. The van der Waals surface area contributed by atoms with Crippen molar-refractivity contribution in [1.82, 2.24) is 0 Å². The van der Waals surface area contributed by atoms with Gasteiger partial charge < -0.3 is 10.0 Å². The summed E-state index contributed by atoms with van der Waals surface area (Å²) in [6, 6.07) is 13.4. The second-order valence-corrected chi connectivity index (χ2v) is 5.11. The summed E-state index contributed by atoms with van der Waals surface area (Å²) < 4.78 is 13.0. The Kier molecular flexibility index (Phi) is 5.17. The molecule has 0 fully saturated rings. The molecular weight excluding hydrogens is 293 g/mol. The van der Waals surface area contributed by atoms with Crippen molar-refractivity contribution < 1.29 is 14.3 Å². The topological polar surface area (TPSA) is 40.5 Å². The molecule has 0 atom stereocenters. The fourth-order valence-corrected chi connectivity index (χ4v) is 2.25. The predicted octanol–water partition coefficient (Wildman–Crippen LogP) is 3.96. The number of aliphatic carboxylic acids is 1. The molecule has 0 aliphatic carbocycles. The van der Waals surface area contributed by atoms with Crippen molar-refractivity contribution >= 4 is 23.3 Å². The van der Waals surface area contributed by atoms with Crippen LogP contribution in [0, 0.1) is 5.82 Å². The summed E-state index contributed by atoms with van der Waals surface area (Å²) in [5.41, 5.74) is 1.75. The number of hydrogen-bond acceptors (Lipinski definition) is 2. The molecule has 0 saturated heterocycles. The molecule has 3 nitrogen and oxygen atoms in total. The fourth-order valence-electron chi connectivity index (χ4n) is 2.04. The van der Waals surface area contributed by atoms with Crippen LogP contribution in [-0.4, -0.2) is 17.6 Å². The Labute approximate surface area is 127 Å². The number of anilines is 1. The van der Waals surface area contributed by atoms with Crippen molar-refractivity contribution in [2.45, 2.75) is 13.0 Å². The summed E-state index contributed by atoms with van der Waals surface area (Å²) in [4.78, 5) is 12.7. The average molecular weight is 308 g/mol. The lowest BCUT2D eigenvalue weighted by Crippen LogP contribution is -2.25. The number of halogens is 2. The first-order valence-corrected chi connectivity index (χ1v) is 6.89. The van der Waals surface area contributed by atoms with Gasteiger partial charge in [-0.2, -0.15) is 0 Å². The standard InChI is InChI=1S/C16H15ClFNO2/c17-13-3-1-2-12(10-13)11-19(9-8-16(20)21)15-6-4-14(18)5-7-15/h1-7,10H,8-9,11H2,(H,20,21). The van der Waals surface area contributed by atoms with Gasteiger partial charge in [-0.3, -0.25) is 4.79 Å². The summed E-state index contributed by atoms with van der Waals surface area (Å²) >= 11 is 5.96. The lowest BCUT2D eigenvalue weighted by Gasteiger charge is -2.24. The maximum atomic E-state index is 13.0.